The van der Waals surface area contributed by atoms with Crippen molar-refractivity contribution in [2.24, 2.45) is 11.8 Å². The molecule has 0 spiro atoms. The van der Waals surface area contributed by atoms with E-state index in [1.54, 1.807) is 0 Å². The molecule has 1 unspecified atom stereocenters. The van der Waals surface area contributed by atoms with E-state index in [-0.39, 0.29) is 12.1 Å². The van der Waals surface area contributed by atoms with Crippen LogP contribution in [0.2, 0.25) is 0 Å². The number of carboxylic acid groups (broad SMARTS) is 1. The van der Waals surface area contributed by atoms with Crippen molar-refractivity contribution in [2.45, 2.75) is 44.7 Å². The van der Waals surface area contributed by atoms with Crippen LogP contribution in [-0.2, 0) is 4.79 Å². The Morgan fingerprint density at radius 1 is 1.24 bits per heavy atom. The van der Waals surface area contributed by atoms with Gasteiger partial charge >= 0.3 is 12.0 Å². The Morgan fingerprint density at radius 2 is 1.71 bits per heavy atom. The zero-order valence-corrected chi connectivity index (χ0v) is 10.3. The summed E-state index contributed by atoms with van der Waals surface area (Å²) in [7, 11) is 1.53. The molecule has 2 amide bonds. The number of nitrogens with zero attached hydrogens (tertiary/aromatic N) is 1. The fraction of sp³-hybridized carbons (Fsp3) is 0.833. The predicted molar refractivity (Wildman–Crippen MR) is 62.6 cm³/mol. The van der Waals surface area contributed by atoms with E-state index in [2.05, 4.69) is 5.32 Å². The van der Waals surface area contributed by atoms with Gasteiger partial charge in [0, 0.05) is 13.1 Å². The van der Waals surface area contributed by atoms with Gasteiger partial charge in [-0.2, -0.15) is 0 Å². The van der Waals surface area contributed by atoms with Crippen molar-refractivity contribution >= 4 is 12.0 Å². The lowest BCUT2D eigenvalue weighted by Gasteiger charge is -2.26. The number of rotatable bonds is 5. The minimum absolute atomic E-state index is 0.260. The SMILES string of the molecule is CC(C(=O)O)N(C)C(=O)NC(C1CC1)C1CC1. The van der Waals surface area contributed by atoms with Gasteiger partial charge in [-0.15, -0.1) is 0 Å². The molecule has 2 fully saturated rings. The molecule has 96 valence electrons. The number of aliphatic carboxylic acids is 1. The van der Waals surface area contributed by atoms with Gasteiger partial charge in [0.15, 0.2) is 0 Å². The first-order valence-corrected chi connectivity index (χ1v) is 6.27. The van der Waals surface area contributed by atoms with Crippen molar-refractivity contribution in [1.82, 2.24) is 10.2 Å². The third-order valence-electron chi connectivity index (χ3n) is 3.81. The van der Waals surface area contributed by atoms with Gasteiger partial charge in [-0.25, -0.2) is 9.59 Å². The van der Waals surface area contributed by atoms with Crippen LogP contribution < -0.4 is 5.32 Å². The number of carbonyl (C=O) groups excluding carboxylic acids is 1. The highest BCUT2D eigenvalue weighted by Gasteiger charge is 2.42. The summed E-state index contributed by atoms with van der Waals surface area (Å²) >= 11 is 0. The molecule has 2 saturated carbocycles. The van der Waals surface area contributed by atoms with Crippen molar-refractivity contribution in [3.8, 4) is 0 Å². The fourth-order valence-electron chi connectivity index (χ4n) is 2.12. The van der Waals surface area contributed by atoms with Gasteiger partial charge in [-0.1, -0.05) is 0 Å². The Bertz CT molecular complexity index is 312. The van der Waals surface area contributed by atoms with Crippen molar-refractivity contribution in [3.05, 3.63) is 0 Å². The Hall–Kier alpha value is -1.26. The molecular weight excluding hydrogens is 220 g/mol. The number of carboxylic acids is 1. The van der Waals surface area contributed by atoms with Crippen LogP contribution in [0.15, 0.2) is 0 Å². The van der Waals surface area contributed by atoms with E-state index < -0.39 is 12.0 Å². The molecule has 5 nitrogen and oxygen atoms in total. The second-order valence-electron chi connectivity index (χ2n) is 5.28. The van der Waals surface area contributed by atoms with Crippen LogP contribution >= 0.6 is 0 Å². The van der Waals surface area contributed by atoms with Crippen molar-refractivity contribution in [2.75, 3.05) is 7.05 Å². The fourth-order valence-corrected chi connectivity index (χ4v) is 2.12. The first-order valence-electron chi connectivity index (χ1n) is 6.27. The first kappa shape index (κ1) is 12.2. The second kappa shape index (κ2) is 4.55. The van der Waals surface area contributed by atoms with Crippen LogP contribution in [0.4, 0.5) is 4.79 Å². The summed E-state index contributed by atoms with van der Waals surface area (Å²) in [5.74, 6) is 0.275. The number of hydrogen-bond acceptors (Lipinski definition) is 2. The number of likely N-dealkylation sites (N-methyl/N-ethyl adjacent to an activating group) is 1. The molecule has 0 aromatic carbocycles. The Kier molecular flexibility index (Phi) is 3.26. The molecule has 2 N–H and O–H groups in total. The molecule has 0 aromatic heterocycles. The van der Waals surface area contributed by atoms with E-state index in [0.29, 0.717) is 11.8 Å². The summed E-state index contributed by atoms with van der Waals surface area (Å²) in [5, 5.41) is 11.9. The van der Waals surface area contributed by atoms with E-state index in [9.17, 15) is 9.59 Å². The number of carbonyl (C=O) groups is 2. The lowest BCUT2D eigenvalue weighted by Crippen LogP contribution is -2.50. The topological polar surface area (TPSA) is 69.6 Å². The van der Waals surface area contributed by atoms with Crippen LogP contribution in [-0.4, -0.2) is 41.1 Å². The molecule has 0 bridgehead atoms. The zero-order valence-electron chi connectivity index (χ0n) is 10.3. The molecule has 2 aliphatic carbocycles. The van der Waals surface area contributed by atoms with Gasteiger partial charge in [0.2, 0.25) is 0 Å². The van der Waals surface area contributed by atoms with Crippen LogP contribution in [0.5, 0.6) is 0 Å². The van der Waals surface area contributed by atoms with Crippen LogP contribution in [0.1, 0.15) is 32.6 Å². The van der Waals surface area contributed by atoms with Crippen molar-refractivity contribution < 1.29 is 14.7 Å². The van der Waals surface area contributed by atoms with Crippen LogP contribution in [0.25, 0.3) is 0 Å². The van der Waals surface area contributed by atoms with Gasteiger partial charge in [0.1, 0.15) is 6.04 Å². The van der Waals surface area contributed by atoms with Crippen LogP contribution in [0.3, 0.4) is 0 Å². The highest BCUT2D eigenvalue weighted by molar-refractivity contribution is 5.82. The summed E-state index contributed by atoms with van der Waals surface area (Å²) in [6, 6.07) is -0.774. The predicted octanol–water partition coefficient (Wildman–Crippen LogP) is 1.29. The van der Waals surface area contributed by atoms with E-state index >= 15 is 0 Å². The van der Waals surface area contributed by atoms with Crippen molar-refractivity contribution in [1.29, 1.82) is 0 Å². The highest BCUT2D eigenvalue weighted by Crippen LogP contribution is 2.44. The average molecular weight is 240 g/mol. The molecule has 0 aliphatic heterocycles. The van der Waals surface area contributed by atoms with Crippen LogP contribution in [0, 0.1) is 11.8 Å². The van der Waals surface area contributed by atoms with E-state index in [1.165, 1.54) is 44.6 Å². The van der Waals surface area contributed by atoms with E-state index in [4.69, 9.17) is 5.11 Å². The van der Waals surface area contributed by atoms with Gasteiger partial charge in [0.05, 0.1) is 0 Å². The van der Waals surface area contributed by atoms with Gasteiger partial charge in [0.25, 0.3) is 0 Å². The Morgan fingerprint density at radius 3 is 2.06 bits per heavy atom. The first-order chi connectivity index (χ1) is 8.00. The van der Waals surface area contributed by atoms with Crippen molar-refractivity contribution in [3.63, 3.8) is 0 Å². The smallest absolute Gasteiger partial charge is 0.326 e. The van der Waals surface area contributed by atoms with E-state index in [1.807, 2.05) is 0 Å². The molecule has 0 heterocycles. The largest absolute Gasteiger partial charge is 0.480 e. The normalized spacial score (nSPS) is 21.1. The van der Waals surface area contributed by atoms with Gasteiger partial charge in [-0.05, 0) is 44.4 Å². The van der Waals surface area contributed by atoms with Gasteiger partial charge in [-0.3, -0.25) is 0 Å². The quantitative estimate of drug-likeness (QED) is 0.760. The molecule has 0 saturated heterocycles. The number of hydrogen-bond donors (Lipinski definition) is 2. The maximum atomic E-state index is 11.9. The minimum Gasteiger partial charge on any atom is -0.480 e. The summed E-state index contributed by atoms with van der Waals surface area (Å²) in [4.78, 5) is 24.0. The van der Waals surface area contributed by atoms with E-state index in [0.717, 1.165) is 0 Å². The molecule has 0 radical (unpaired) electrons. The highest BCUT2D eigenvalue weighted by atomic mass is 16.4. The lowest BCUT2D eigenvalue weighted by atomic mass is 10.1. The molecular formula is C12H20N2O3. The third-order valence-corrected chi connectivity index (χ3v) is 3.81. The Balaban J connectivity index is 1.88. The molecule has 2 rings (SSSR count). The maximum Gasteiger partial charge on any atom is 0.326 e. The lowest BCUT2D eigenvalue weighted by molar-refractivity contribution is -0.141. The Labute approximate surface area is 101 Å². The summed E-state index contributed by atoms with van der Waals surface area (Å²) < 4.78 is 0. The summed E-state index contributed by atoms with van der Waals surface area (Å²) in [5.41, 5.74) is 0. The molecule has 17 heavy (non-hydrogen) atoms. The summed E-state index contributed by atoms with van der Waals surface area (Å²) in [6.07, 6.45) is 4.78. The zero-order chi connectivity index (χ0) is 12.6. The molecule has 1 atom stereocenters. The average Bonchev–Trinajstić information content (AvgIpc) is 3.16. The standard InChI is InChI=1S/C12H20N2O3/c1-7(11(15)16)14(2)12(17)13-10(8-3-4-8)9-5-6-9/h7-10H,3-6H2,1-2H3,(H,13,17)(H,15,16). The monoisotopic (exact) mass is 240 g/mol. The molecule has 2 aliphatic rings. The minimum atomic E-state index is -0.975. The van der Waals surface area contributed by atoms with Gasteiger partial charge < -0.3 is 15.3 Å². The number of amides is 2. The third kappa shape index (κ3) is 2.90. The second-order valence-corrected chi connectivity index (χ2v) is 5.28. The number of nitrogens with one attached hydrogen (secondary N) is 1. The molecule has 5 heteroatoms. The summed E-state index contributed by atoms with van der Waals surface area (Å²) in [6.45, 7) is 1.52. The maximum absolute atomic E-state index is 11.9. The number of urea groups is 1. The molecule has 0 aromatic rings.